The zero-order valence-electron chi connectivity index (χ0n) is 14.8. The fourth-order valence-corrected chi connectivity index (χ4v) is 4.45. The lowest BCUT2D eigenvalue weighted by Crippen LogP contribution is -2.17. The van der Waals surface area contributed by atoms with E-state index in [0.717, 1.165) is 11.3 Å². The normalized spacial score (nSPS) is 12.3. The van der Waals surface area contributed by atoms with Gasteiger partial charge < -0.3 is 4.57 Å². The molecule has 0 fully saturated rings. The van der Waals surface area contributed by atoms with Gasteiger partial charge in [0.15, 0.2) is 4.80 Å². The summed E-state index contributed by atoms with van der Waals surface area (Å²) >= 11 is 1.13. The van der Waals surface area contributed by atoms with Crippen LogP contribution >= 0.6 is 11.3 Å². The number of carbonyl (C=O) groups excluding carboxylic acids is 1. The Hall–Kier alpha value is -3.39. The van der Waals surface area contributed by atoms with E-state index >= 15 is 0 Å². The number of thiazole rings is 1. The molecule has 10 heteroatoms. The maximum absolute atomic E-state index is 12.7. The molecule has 0 unspecified atom stereocenters. The molecular formula is C19H13N5O3S2. The number of carbonyl (C=O) groups is 1. The number of terminal acetylenes is 1. The Morgan fingerprint density at radius 2 is 2.00 bits per heavy atom. The number of rotatable bonds is 3. The van der Waals surface area contributed by atoms with Crippen LogP contribution in [0, 0.1) is 12.3 Å². The van der Waals surface area contributed by atoms with Gasteiger partial charge in [-0.15, -0.1) is 6.42 Å². The van der Waals surface area contributed by atoms with E-state index in [0.29, 0.717) is 26.1 Å². The third kappa shape index (κ3) is 3.66. The molecule has 0 radical (unpaired) electrons. The second-order valence-corrected chi connectivity index (χ2v) is 8.58. The number of fused-ring (bicyclic) bond motifs is 2. The van der Waals surface area contributed by atoms with Crippen molar-refractivity contribution >= 4 is 48.5 Å². The van der Waals surface area contributed by atoms with Gasteiger partial charge in [0.2, 0.25) is 10.0 Å². The van der Waals surface area contributed by atoms with E-state index < -0.39 is 15.9 Å². The molecule has 2 heterocycles. The van der Waals surface area contributed by atoms with Crippen LogP contribution in [-0.2, 0) is 16.6 Å². The number of amides is 1. The molecule has 1 amide bonds. The van der Waals surface area contributed by atoms with Crippen LogP contribution in [0.15, 0.2) is 58.5 Å². The van der Waals surface area contributed by atoms with Gasteiger partial charge in [0.05, 0.1) is 38.9 Å². The van der Waals surface area contributed by atoms with Gasteiger partial charge in [-0.3, -0.25) is 9.78 Å². The SMILES string of the molecule is C#CCn1c(=NC(=O)c2cnc3ccccc3n2)sc2cc(S(N)(=O)=O)ccc21. The first-order valence-electron chi connectivity index (χ1n) is 8.27. The fraction of sp³-hybridized carbons (Fsp3) is 0.0526. The van der Waals surface area contributed by atoms with Crippen molar-refractivity contribution in [3.8, 4) is 12.3 Å². The van der Waals surface area contributed by atoms with Crippen LogP contribution < -0.4 is 9.94 Å². The Morgan fingerprint density at radius 1 is 1.24 bits per heavy atom. The quantitative estimate of drug-likeness (QED) is 0.503. The van der Waals surface area contributed by atoms with E-state index in [1.54, 1.807) is 28.8 Å². The number of nitrogens with zero attached hydrogens (tertiary/aromatic N) is 4. The summed E-state index contributed by atoms with van der Waals surface area (Å²) in [6.07, 6.45) is 6.82. The van der Waals surface area contributed by atoms with E-state index in [1.165, 1.54) is 18.3 Å². The largest absolute Gasteiger partial charge is 0.305 e. The molecule has 0 bridgehead atoms. The molecule has 8 nitrogen and oxygen atoms in total. The topological polar surface area (TPSA) is 120 Å². The number of benzene rings is 2. The number of primary sulfonamides is 1. The highest BCUT2D eigenvalue weighted by Crippen LogP contribution is 2.21. The lowest BCUT2D eigenvalue weighted by molar-refractivity contribution is 0.0993. The standard InChI is InChI=1S/C19H13N5O3S2/c1-2-9-24-16-8-7-12(29(20,26)27)10-17(16)28-19(24)23-18(25)15-11-21-13-5-3-4-6-14(13)22-15/h1,3-8,10-11H,9H2,(H2,20,26,27). The Kier molecular flexibility index (Phi) is 4.71. The fourth-order valence-electron chi connectivity index (χ4n) is 2.76. The second kappa shape index (κ2) is 7.21. The minimum atomic E-state index is -3.86. The average Bonchev–Trinajstić information content (AvgIpc) is 3.03. The lowest BCUT2D eigenvalue weighted by Gasteiger charge is -2.01. The highest BCUT2D eigenvalue weighted by Gasteiger charge is 2.14. The second-order valence-electron chi connectivity index (χ2n) is 6.01. The van der Waals surface area contributed by atoms with Crippen LogP contribution in [0.25, 0.3) is 21.3 Å². The number of hydrogen-bond donors (Lipinski definition) is 1. The number of nitrogens with two attached hydrogens (primary N) is 1. The molecule has 0 saturated carbocycles. The predicted octanol–water partition coefficient (Wildman–Crippen LogP) is 1.67. The van der Waals surface area contributed by atoms with Gasteiger partial charge in [-0.1, -0.05) is 29.4 Å². The van der Waals surface area contributed by atoms with Gasteiger partial charge in [-0.25, -0.2) is 18.5 Å². The molecule has 4 rings (SSSR count). The number of para-hydroxylation sites is 2. The van der Waals surface area contributed by atoms with Crippen molar-refractivity contribution in [2.75, 3.05) is 0 Å². The summed E-state index contributed by atoms with van der Waals surface area (Å²) in [5, 5.41) is 5.20. The minimum absolute atomic E-state index is 0.0302. The van der Waals surface area contributed by atoms with Crippen molar-refractivity contribution < 1.29 is 13.2 Å². The van der Waals surface area contributed by atoms with Crippen molar-refractivity contribution in [3.05, 3.63) is 59.2 Å². The van der Waals surface area contributed by atoms with Gasteiger partial charge in [0.1, 0.15) is 5.69 Å². The van der Waals surface area contributed by atoms with Crippen molar-refractivity contribution in [2.45, 2.75) is 11.4 Å². The molecule has 4 aromatic rings. The van der Waals surface area contributed by atoms with Gasteiger partial charge >= 0.3 is 0 Å². The molecule has 0 aliphatic carbocycles. The maximum atomic E-state index is 12.7. The molecule has 29 heavy (non-hydrogen) atoms. The minimum Gasteiger partial charge on any atom is -0.305 e. The Balaban J connectivity index is 1.86. The van der Waals surface area contributed by atoms with Crippen molar-refractivity contribution in [3.63, 3.8) is 0 Å². The van der Waals surface area contributed by atoms with Gasteiger partial charge in [0.25, 0.3) is 5.91 Å². The summed E-state index contributed by atoms with van der Waals surface area (Å²) in [6, 6.07) is 11.6. The summed E-state index contributed by atoms with van der Waals surface area (Å²) in [5.41, 5.74) is 2.00. The highest BCUT2D eigenvalue weighted by atomic mass is 32.2. The first-order valence-corrected chi connectivity index (χ1v) is 10.6. The van der Waals surface area contributed by atoms with Gasteiger partial charge in [-0.2, -0.15) is 4.99 Å². The third-order valence-corrected chi connectivity index (χ3v) is 6.05. The summed E-state index contributed by atoms with van der Waals surface area (Å²) in [6.45, 7) is 0.157. The molecule has 0 aliphatic rings. The summed E-state index contributed by atoms with van der Waals surface area (Å²) in [4.78, 5) is 25.6. The maximum Gasteiger partial charge on any atom is 0.299 e. The average molecular weight is 423 g/mol. The van der Waals surface area contributed by atoms with Crippen LogP contribution in [0.4, 0.5) is 0 Å². The van der Waals surface area contributed by atoms with Crippen LogP contribution in [0.5, 0.6) is 0 Å². The molecule has 2 N–H and O–H groups in total. The molecule has 2 aromatic carbocycles. The number of sulfonamides is 1. The molecule has 0 saturated heterocycles. The first-order chi connectivity index (χ1) is 13.9. The molecule has 144 valence electrons. The van der Waals surface area contributed by atoms with Crippen LogP contribution in [-0.4, -0.2) is 28.9 Å². The third-order valence-electron chi connectivity index (χ3n) is 4.10. The van der Waals surface area contributed by atoms with Crippen molar-refractivity contribution in [2.24, 2.45) is 10.1 Å². The molecule has 0 aliphatic heterocycles. The zero-order valence-corrected chi connectivity index (χ0v) is 16.4. The lowest BCUT2D eigenvalue weighted by atomic mass is 10.3. The Bertz CT molecular complexity index is 1490. The van der Waals surface area contributed by atoms with Crippen molar-refractivity contribution in [1.29, 1.82) is 0 Å². The molecule has 0 spiro atoms. The van der Waals surface area contributed by atoms with E-state index in [1.807, 2.05) is 6.07 Å². The summed E-state index contributed by atoms with van der Waals surface area (Å²) < 4.78 is 25.5. The Morgan fingerprint density at radius 3 is 2.72 bits per heavy atom. The van der Waals surface area contributed by atoms with E-state index in [-0.39, 0.29) is 17.1 Å². The van der Waals surface area contributed by atoms with Gasteiger partial charge in [-0.05, 0) is 30.3 Å². The molecule has 0 atom stereocenters. The summed E-state index contributed by atoms with van der Waals surface area (Å²) in [5.74, 6) is 1.94. The highest BCUT2D eigenvalue weighted by molar-refractivity contribution is 7.89. The Labute approximate surface area is 169 Å². The van der Waals surface area contributed by atoms with Gasteiger partial charge in [0, 0.05) is 0 Å². The van der Waals surface area contributed by atoms with Crippen LogP contribution in [0.3, 0.4) is 0 Å². The smallest absolute Gasteiger partial charge is 0.299 e. The number of aromatic nitrogens is 3. The van der Waals surface area contributed by atoms with E-state index in [9.17, 15) is 13.2 Å². The van der Waals surface area contributed by atoms with E-state index in [2.05, 4.69) is 20.9 Å². The van der Waals surface area contributed by atoms with Crippen LogP contribution in [0.1, 0.15) is 10.5 Å². The summed E-state index contributed by atoms with van der Waals surface area (Å²) in [7, 11) is -3.86. The van der Waals surface area contributed by atoms with Crippen molar-refractivity contribution in [1.82, 2.24) is 14.5 Å². The zero-order chi connectivity index (χ0) is 20.6. The van der Waals surface area contributed by atoms with E-state index in [4.69, 9.17) is 11.6 Å². The molecule has 2 aromatic heterocycles. The van der Waals surface area contributed by atoms with Crippen LogP contribution in [0.2, 0.25) is 0 Å². The molecular weight excluding hydrogens is 410 g/mol. The number of hydrogen-bond acceptors (Lipinski definition) is 6. The monoisotopic (exact) mass is 423 g/mol. The first kappa shape index (κ1) is 18.9. The predicted molar refractivity (Wildman–Crippen MR) is 109 cm³/mol.